The molecule has 0 radical (unpaired) electrons. The summed E-state index contributed by atoms with van der Waals surface area (Å²) >= 11 is 1.59. The lowest BCUT2D eigenvalue weighted by Gasteiger charge is -2.04. The summed E-state index contributed by atoms with van der Waals surface area (Å²) in [5, 5.41) is 9.84. The van der Waals surface area contributed by atoms with Gasteiger partial charge in [-0.15, -0.1) is 11.8 Å². The van der Waals surface area contributed by atoms with Crippen molar-refractivity contribution in [2.75, 3.05) is 0 Å². The standard InChI is InChI=1S/C14H14N2O2S/c1-9-5-10(2)16-13(6-9)19-8-11-3-4-15-12(7-11)14(17)18/h3-7H,8H2,1-2H3,(H,17,18). The zero-order chi connectivity index (χ0) is 13.8. The molecule has 2 heterocycles. The summed E-state index contributed by atoms with van der Waals surface area (Å²) in [5.74, 6) is -0.324. The Bertz CT molecular complexity index is 594. The number of carboxylic acid groups (broad SMARTS) is 1. The third kappa shape index (κ3) is 3.79. The third-order valence-electron chi connectivity index (χ3n) is 2.50. The number of aromatic carboxylic acids is 1. The normalized spacial score (nSPS) is 10.4. The number of aryl methyl sites for hydroxylation is 2. The molecule has 0 aromatic carbocycles. The van der Waals surface area contributed by atoms with Gasteiger partial charge in [0, 0.05) is 17.6 Å². The van der Waals surface area contributed by atoms with Crippen LogP contribution in [-0.2, 0) is 5.75 Å². The zero-order valence-electron chi connectivity index (χ0n) is 10.8. The molecule has 0 saturated heterocycles. The maximum atomic E-state index is 10.8. The molecule has 2 rings (SSSR count). The van der Waals surface area contributed by atoms with Crippen molar-refractivity contribution < 1.29 is 9.90 Å². The van der Waals surface area contributed by atoms with Crippen molar-refractivity contribution >= 4 is 17.7 Å². The molecule has 0 atom stereocenters. The number of carboxylic acids is 1. The van der Waals surface area contributed by atoms with Crippen LogP contribution in [0.2, 0.25) is 0 Å². The molecule has 2 aromatic rings. The molecule has 5 heteroatoms. The maximum absolute atomic E-state index is 10.8. The zero-order valence-corrected chi connectivity index (χ0v) is 11.6. The Balaban J connectivity index is 2.10. The Kier molecular flexibility index (Phi) is 4.16. The fourth-order valence-electron chi connectivity index (χ4n) is 1.72. The number of hydrogen-bond donors (Lipinski definition) is 1. The lowest BCUT2D eigenvalue weighted by molar-refractivity contribution is 0.0690. The number of thioether (sulfide) groups is 1. The Morgan fingerprint density at radius 3 is 2.79 bits per heavy atom. The molecule has 98 valence electrons. The van der Waals surface area contributed by atoms with Crippen LogP contribution in [0.1, 0.15) is 27.3 Å². The van der Waals surface area contributed by atoms with E-state index in [0.29, 0.717) is 5.75 Å². The SMILES string of the molecule is Cc1cc(C)nc(SCc2ccnc(C(=O)O)c2)c1. The molecule has 4 nitrogen and oxygen atoms in total. The Labute approximate surface area is 115 Å². The molecule has 0 saturated carbocycles. The largest absolute Gasteiger partial charge is 0.477 e. The van der Waals surface area contributed by atoms with Crippen LogP contribution < -0.4 is 0 Å². The van der Waals surface area contributed by atoms with Gasteiger partial charge in [0.05, 0.1) is 5.03 Å². The molecule has 0 fully saturated rings. The van der Waals surface area contributed by atoms with E-state index < -0.39 is 5.97 Å². The fourth-order valence-corrected chi connectivity index (χ4v) is 2.69. The second-order valence-corrected chi connectivity index (χ2v) is 5.26. The quantitative estimate of drug-likeness (QED) is 0.868. The second kappa shape index (κ2) is 5.84. The summed E-state index contributed by atoms with van der Waals surface area (Å²) in [6, 6.07) is 7.47. The molecule has 2 aromatic heterocycles. The molecular formula is C14H14N2O2S. The van der Waals surface area contributed by atoms with E-state index in [-0.39, 0.29) is 5.69 Å². The van der Waals surface area contributed by atoms with Gasteiger partial charge in [-0.05, 0) is 49.2 Å². The summed E-state index contributed by atoms with van der Waals surface area (Å²) in [6.07, 6.45) is 1.52. The van der Waals surface area contributed by atoms with Gasteiger partial charge in [-0.1, -0.05) is 0 Å². The fraction of sp³-hybridized carbons (Fsp3) is 0.214. The van der Waals surface area contributed by atoms with E-state index in [2.05, 4.69) is 9.97 Å². The van der Waals surface area contributed by atoms with Crippen LogP contribution in [0.5, 0.6) is 0 Å². The number of hydrogen-bond acceptors (Lipinski definition) is 4. The van der Waals surface area contributed by atoms with Crippen LogP contribution in [-0.4, -0.2) is 21.0 Å². The first-order valence-corrected chi connectivity index (χ1v) is 6.79. The van der Waals surface area contributed by atoms with Crippen LogP contribution in [0.3, 0.4) is 0 Å². The van der Waals surface area contributed by atoms with Crippen molar-refractivity contribution in [3.8, 4) is 0 Å². The first kappa shape index (κ1) is 13.5. The molecular weight excluding hydrogens is 260 g/mol. The first-order chi connectivity index (χ1) is 9.04. The number of carbonyl (C=O) groups is 1. The van der Waals surface area contributed by atoms with Crippen LogP contribution >= 0.6 is 11.8 Å². The highest BCUT2D eigenvalue weighted by Crippen LogP contribution is 2.22. The Morgan fingerprint density at radius 2 is 2.11 bits per heavy atom. The minimum atomic E-state index is -1.00. The van der Waals surface area contributed by atoms with Crippen molar-refractivity contribution in [1.29, 1.82) is 0 Å². The van der Waals surface area contributed by atoms with Gasteiger partial charge in [0.1, 0.15) is 5.69 Å². The molecule has 0 bridgehead atoms. The highest BCUT2D eigenvalue weighted by atomic mass is 32.2. The Morgan fingerprint density at radius 1 is 1.32 bits per heavy atom. The average molecular weight is 274 g/mol. The molecule has 0 aliphatic heterocycles. The summed E-state index contributed by atoms with van der Waals surface area (Å²) in [5.41, 5.74) is 3.17. The van der Waals surface area contributed by atoms with E-state index in [4.69, 9.17) is 5.11 Å². The van der Waals surface area contributed by atoms with E-state index in [1.807, 2.05) is 32.0 Å². The van der Waals surface area contributed by atoms with Gasteiger partial charge in [0.25, 0.3) is 0 Å². The second-order valence-electron chi connectivity index (χ2n) is 4.27. The number of pyridine rings is 2. The van der Waals surface area contributed by atoms with Crippen molar-refractivity contribution in [3.05, 3.63) is 53.0 Å². The minimum Gasteiger partial charge on any atom is -0.477 e. The summed E-state index contributed by atoms with van der Waals surface area (Å²) in [7, 11) is 0. The number of rotatable bonds is 4. The molecule has 19 heavy (non-hydrogen) atoms. The van der Waals surface area contributed by atoms with Crippen molar-refractivity contribution in [2.24, 2.45) is 0 Å². The monoisotopic (exact) mass is 274 g/mol. The summed E-state index contributed by atoms with van der Waals surface area (Å²) in [4.78, 5) is 19.1. The molecule has 0 unspecified atom stereocenters. The predicted octanol–water partition coefficient (Wildman–Crippen LogP) is 3.08. The molecule has 0 aliphatic carbocycles. The highest BCUT2D eigenvalue weighted by Gasteiger charge is 2.06. The highest BCUT2D eigenvalue weighted by molar-refractivity contribution is 7.98. The summed E-state index contributed by atoms with van der Waals surface area (Å²) < 4.78 is 0. The topological polar surface area (TPSA) is 63.1 Å². The van der Waals surface area contributed by atoms with Gasteiger partial charge in [-0.25, -0.2) is 14.8 Å². The minimum absolute atomic E-state index is 0.0754. The van der Waals surface area contributed by atoms with Crippen molar-refractivity contribution in [2.45, 2.75) is 24.6 Å². The van der Waals surface area contributed by atoms with E-state index in [1.165, 1.54) is 11.8 Å². The lowest BCUT2D eigenvalue weighted by Crippen LogP contribution is -2.00. The lowest BCUT2D eigenvalue weighted by atomic mass is 10.2. The predicted molar refractivity (Wildman–Crippen MR) is 74.5 cm³/mol. The Hall–Kier alpha value is -1.88. The van der Waals surface area contributed by atoms with Crippen LogP contribution in [0, 0.1) is 13.8 Å². The van der Waals surface area contributed by atoms with Crippen molar-refractivity contribution in [3.63, 3.8) is 0 Å². The van der Waals surface area contributed by atoms with E-state index in [0.717, 1.165) is 16.3 Å². The van der Waals surface area contributed by atoms with Gasteiger partial charge in [0.15, 0.2) is 0 Å². The van der Waals surface area contributed by atoms with Crippen molar-refractivity contribution in [1.82, 2.24) is 9.97 Å². The van der Waals surface area contributed by atoms with Crippen LogP contribution in [0.25, 0.3) is 0 Å². The maximum Gasteiger partial charge on any atom is 0.354 e. The van der Waals surface area contributed by atoms with Crippen LogP contribution in [0.15, 0.2) is 35.5 Å². The van der Waals surface area contributed by atoms with Gasteiger partial charge >= 0.3 is 5.97 Å². The smallest absolute Gasteiger partial charge is 0.354 e. The molecule has 0 amide bonds. The summed E-state index contributed by atoms with van der Waals surface area (Å²) in [6.45, 7) is 4.00. The first-order valence-electron chi connectivity index (χ1n) is 5.81. The van der Waals surface area contributed by atoms with E-state index >= 15 is 0 Å². The number of aromatic nitrogens is 2. The van der Waals surface area contributed by atoms with Crippen LogP contribution in [0.4, 0.5) is 0 Å². The average Bonchev–Trinajstić information content (AvgIpc) is 2.35. The van der Waals surface area contributed by atoms with Gasteiger partial charge in [0.2, 0.25) is 0 Å². The van der Waals surface area contributed by atoms with Gasteiger partial charge in [-0.3, -0.25) is 0 Å². The molecule has 0 spiro atoms. The molecule has 1 N–H and O–H groups in total. The van der Waals surface area contributed by atoms with Gasteiger partial charge in [-0.2, -0.15) is 0 Å². The van der Waals surface area contributed by atoms with E-state index in [1.54, 1.807) is 17.8 Å². The molecule has 0 aliphatic rings. The number of nitrogens with zero attached hydrogens (tertiary/aromatic N) is 2. The third-order valence-corrected chi connectivity index (χ3v) is 3.49. The van der Waals surface area contributed by atoms with Gasteiger partial charge < -0.3 is 5.11 Å². The van der Waals surface area contributed by atoms with E-state index in [9.17, 15) is 4.79 Å².